The average molecular weight is 348 g/mol. The van der Waals surface area contributed by atoms with E-state index in [9.17, 15) is 14.9 Å². The van der Waals surface area contributed by atoms with Crippen LogP contribution in [0.15, 0.2) is 71.8 Å². The number of hydrazone groups is 1. The van der Waals surface area contributed by atoms with Crippen molar-refractivity contribution >= 4 is 34.3 Å². The molecule has 3 rings (SSSR count). The number of hydrogen-bond acceptors (Lipinski definition) is 5. The van der Waals surface area contributed by atoms with Crippen LogP contribution < -0.4 is 10.7 Å². The Morgan fingerprint density at radius 1 is 1.04 bits per heavy atom. The van der Waals surface area contributed by atoms with Crippen LogP contribution in [0.3, 0.4) is 0 Å². The molecule has 0 radical (unpaired) electrons. The summed E-state index contributed by atoms with van der Waals surface area (Å²) >= 11 is 0. The van der Waals surface area contributed by atoms with Crippen LogP contribution in [0.1, 0.15) is 5.56 Å². The lowest BCUT2D eigenvalue weighted by atomic mass is 10.1. The summed E-state index contributed by atoms with van der Waals surface area (Å²) in [6, 6.07) is 19.8. The Balaban J connectivity index is 1.60. The third kappa shape index (κ3) is 4.02. The molecule has 0 bridgehead atoms. The highest BCUT2D eigenvalue weighted by Crippen LogP contribution is 2.22. The number of amides is 1. The first-order chi connectivity index (χ1) is 12.6. The largest absolute Gasteiger partial charge is 0.376 e. The molecule has 2 N–H and O–H groups in total. The lowest BCUT2D eigenvalue weighted by Crippen LogP contribution is -2.26. The van der Waals surface area contributed by atoms with Gasteiger partial charge in [0.25, 0.3) is 11.6 Å². The van der Waals surface area contributed by atoms with E-state index in [2.05, 4.69) is 15.8 Å². The first-order valence-corrected chi connectivity index (χ1v) is 7.92. The van der Waals surface area contributed by atoms with Crippen molar-refractivity contribution in [2.24, 2.45) is 5.10 Å². The SMILES string of the molecule is O=C(CNc1cccc2ccccc12)NN=Cc1ccccc1[N+](=O)[O-]. The number of para-hydroxylation sites is 1. The molecule has 7 heteroatoms. The first kappa shape index (κ1) is 17.1. The number of nitro groups is 1. The van der Waals surface area contributed by atoms with E-state index in [1.807, 2.05) is 42.5 Å². The summed E-state index contributed by atoms with van der Waals surface area (Å²) in [5.74, 6) is -0.354. The molecule has 3 aromatic carbocycles. The van der Waals surface area contributed by atoms with Gasteiger partial charge in [0.15, 0.2) is 0 Å². The van der Waals surface area contributed by atoms with Crippen LogP contribution in [0.5, 0.6) is 0 Å². The van der Waals surface area contributed by atoms with Gasteiger partial charge in [-0.15, -0.1) is 0 Å². The van der Waals surface area contributed by atoms with Gasteiger partial charge in [0.05, 0.1) is 23.2 Å². The number of nitro benzene ring substituents is 1. The van der Waals surface area contributed by atoms with Crippen LogP contribution in [-0.2, 0) is 4.79 Å². The number of nitrogens with one attached hydrogen (secondary N) is 2. The summed E-state index contributed by atoms with van der Waals surface area (Å²) in [4.78, 5) is 22.4. The van der Waals surface area contributed by atoms with Crippen molar-refractivity contribution in [2.75, 3.05) is 11.9 Å². The number of rotatable bonds is 6. The number of benzene rings is 3. The summed E-state index contributed by atoms with van der Waals surface area (Å²) < 4.78 is 0. The molecule has 0 aliphatic carbocycles. The fourth-order valence-electron chi connectivity index (χ4n) is 2.53. The second-order valence-corrected chi connectivity index (χ2v) is 5.49. The average Bonchev–Trinajstić information content (AvgIpc) is 2.66. The van der Waals surface area contributed by atoms with Gasteiger partial charge in [-0.1, -0.05) is 48.5 Å². The molecule has 0 fully saturated rings. The summed E-state index contributed by atoms with van der Waals surface area (Å²) in [5.41, 5.74) is 3.46. The van der Waals surface area contributed by atoms with E-state index >= 15 is 0 Å². The monoisotopic (exact) mass is 348 g/mol. The van der Waals surface area contributed by atoms with Crippen molar-refractivity contribution in [3.8, 4) is 0 Å². The molecule has 0 aromatic heterocycles. The Bertz CT molecular complexity index is 980. The van der Waals surface area contributed by atoms with Crippen molar-refractivity contribution in [2.45, 2.75) is 0 Å². The van der Waals surface area contributed by atoms with Crippen molar-refractivity contribution in [1.29, 1.82) is 0 Å². The second kappa shape index (κ2) is 7.89. The Morgan fingerprint density at radius 2 is 1.77 bits per heavy atom. The molecule has 7 nitrogen and oxygen atoms in total. The molecular formula is C19H16N4O3. The number of carbonyl (C=O) groups excluding carboxylic acids is 1. The van der Waals surface area contributed by atoms with Crippen LogP contribution in [0, 0.1) is 10.1 Å². The molecule has 0 atom stereocenters. The molecule has 0 saturated heterocycles. The zero-order chi connectivity index (χ0) is 18.4. The van der Waals surface area contributed by atoms with Crippen LogP contribution in [0.4, 0.5) is 11.4 Å². The minimum atomic E-state index is -0.495. The molecule has 130 valence electrons. The zero-order valence-electron chi connectivity index (χ0n) is 13.8. The number of hydrogen-bond donors (Lipinski definition) is 2. The molecule has 0 saturated carbocycles. The summed E-state index contributed by atoms with van der Waals surface area (Å²) in [6.07, 6.45) is 1.26. The molecule has 0 heterocycles. The summed E-state index contributed by atoms with van der Waals surface area (Å²) in [6.45, 7) is 0.0300. The van der Waals surface area contributed by atoms with Crippen molar-refractivity contribution in [3.05, 3.63) is 82.4 Å². The molecule has 1 amide bonds. The third-order valence-corrected chi connectivity index (χ3v) is 3.76. The van der Waals surface area contributed by atoms with Crippen LogP contribution in [-0.4, -0.2) is 23.6 Å². The number of carbonyl (C=O) groups is 1. The van der Waals surface area contributed by atoms with E-state index in [1.165, 1.54) is 12.3 Å². The first-order valence-electron chi connectivity index (χ1n) is 7.92. The van der Waals surface area contributed by atoms with Gasteiger partial charge in [-0.05, 0) is 17.5 Å². The number of nitrogens with zero attached hydrogens (tertiary/aromatic N) is 2. The predicted octanol–water partition coefficient (Wildman–Crippen LogP) is 3.31. The van der Waals surface area contributed by atoms with Gasteiger partial charge in [0, 0.05) is 17.1 Å². The summed E-state index contributed by atoms with van der Waals surface area (Å²) in [7, 11) is 0. The van der Waals surface area contributed by atoms with Crippen molar-refractivity contribution in [3.63, 3.8) is 0 Å². The summed E-state index contributed by atoms with van der Waals surface area (Å²) in [5, 5.41) is 19.9. The fourth-order valence-corrected chi connectivity index (χ4v) is 2.53. The standard InChI is InChI=1S/C19H16N4O3/c24-19(22-21-12-15-7-2-4-11-18(15)23(25)26)13-20-17-10-5-8-14-6-1-3-9-16(14)17/h1-12,20H,13H2,(H,22,24). The van der Waals surface area contributed by atoms with E-state index in [4.69, 9.17) is 0 Å². The lowest BCUT2D eigenvalue weighted by molar-refractivity contribution is -0.385. The highest BCUT2D eigenvalue weighted by molar-refractivity contribution is 5.95. The molecule has 3 aromatic rings. The number of anilines is 1. The van der Waals surface area contributed by atoms with Gasteiger partial charge in [-0.3, -0.25) is 14.9 Å². The van der Waals surface area contributed by atoms with Gasteiger partial charge in [-0.25, -0.2) is 5.43 Å². The van der Waals surface area contributed by atoms with E-state index in [-0.39, 0.29) is 18.1 Å². The smallest absolute Gasteiger partial charge is 0.278 e. The maximum Gasteiger partial charge on any atom is 0.278 e. The zero-order valence-corrected chi connectivity index (χ0v) is 13.8. The highest BCUT2D eigenvalue weighted by atomic mass is 16.6. The van der Waals surface area contributed by atoms with Crippen molar-refractivity contribution < 1.29 is 9.72 Å². The van der Waals surface area contributed by atoms with Gasteiger partial charge in [0.2, 0.25) is 0 Å². The van der Waals surface area contributed by atoms with E-state index in [0.29, 0.717) is 5.56 Å². The Hall–Kier alpha value is -3.74. The molecule has 0 spiro atoms. The molecule has 0 aliphatic heterocycles. The Labute approximate surface area is 149 Å². The minimum absolute atomic E-state index is 0.0300. The van der Waals surface area contributed by atoms with Crippen LogP contribution in [0.2, 0.25) is 0 Å². The predicted molar refractivity (Wildman–Crippen MR) is 101 cm³/mol. The highest BCUT2D eigenvalue weighted by Gasteiger charge is 2.10. The quantitative estimate of drug-likeness (QED) is 0.406. The van der Waals surface area contributed by atoms with Gasteiger partial charge in [0.1, 0.15) is 0 Å². The Morgan fingerprint density at radius 3 is 2.62 bits per heavy atom. The van der Waals surface area contributed by atoms with E-state index in [1.54, 1.807) is 18.2 Å². The molecule has 26 heavy (non-hydrogen) atoms. The van der Waals surface area contributed by atoms with E-state index in [0.717, 1.165) is 16.5 Å². The van der Waals surface area contributed by atoms with Crippen molar-refractivity contribution in [1.82, 2.24) is 5.43 Å². The molecule has 0 aliphatic rings. The van der Waals surface area contributed by atoms with Crippen LogP contribution in [0.25, 0.3) is 10.8 Å². The van der Waals surface area contributed by atoms with E-state index < -0.39 is 4.92 Å². The minimum Gasteiger partial charge on any atom is -0.376 e. The van der Waals surface area contributed by atoms with Gasteiger partial charge in [-0.2, -0.15) is 5.10 Å². The maximum atomic E-state index is 11.9. The third-order valence-electron chi connectivity index (χ3n) is 3.76. The Kier molecular flexibility index (Phi) is 5.19. The number of fused-ring (bicyclic) bond motifs is 1. The topological polar surface area (TPSA) is 96.6 Å². The van der Waals surface area contributed by atoms with Crippen LogP contribution >= 0.6 is 0 Å². The maximum absolute atomic E-state index is 11.9. The fraction of sp³-hybridized carbons (Fsp3) is 0.0526. The lowest BCUT2D eigenvalue weighted by Gasteiger charge is -2.08. The van der Waals surface area contributed by atoms with Gasteiger partial charge < -0.3 is 5.32 Å². The molecule has 0 unspecified atom stereocenters. The molecular weight excluding hydrogens is 332 g/mol. The van der Waals surface area contributed by atoms with Gasteiger partial charge >= 0.3 is 0 Å². The normalized spacial score (nSPS) is 10.8. The second-order valence-electron chi connectivity index (χ2n) is 5.49.